The second kappa shape index (κ2) is 5.78. The van der Waals surface area contributed by atoms with Crippen molar-refractivity contribution in [3.8, 4) is 5.75 Å². The fourth-order valence-corrected chi connectivity index (χ4v) is 2.16. The van der Waals surface area contributed by atoms with Gasteiger partial charge in [-0.3, -0.25) is 9.69 Å². The van der Waals surface area contributed by atoms with Crippen molar-refractivity contribution >= 4 is 12.1 Å². The van der Waals surface area contributed by atoms with Crippen LogP contribution in [-0.4, -0.2) is 36.8 Å². The van der Waals surface area contributed by atoms with E-state index in [0.29, 0.717) is 6.29 Å². The Morgan fingerprint density at radius 3 is 3.06 bits per heavy atom. The standard InChI is InChI=1S/C14H17NO3/c1-15(10-12(17)8-9-16)14-7-6-11-4-2-3-5-13(11)18-14/h2-5,9,14H,6-8,10H2,1H3. The minimum Gasteiger partial charge on any atom is -0.475 e. The highest BCUT2D eigenvalue weighted by Gasteiger charge is 2.23. The molecule has 0 aromatic heterocycles. The molecule has 4 heteroatoms. The maximum absolute atomic E-state index is 11.4. The lowest BCUT2D eigenvalue weighted by Crippen LogP contribution is -2.41. The number of hydrogen-bond donors (Lipinski definition) is 0. The predicted octanol–water partition coefficient (Wildman–Crippen LogP) is 1.43. The third kappa shape index (κ3) is 2.96. The molecular formula is C14H17NO3. The van der Waals surface area contributed by atoms with Crippen molar-refractivity contribution in [1.29, 1.82) is 0 Å². The number of ketones is 1. The average molecular weight is 247 g/mol. The van der Waals surface area contributed by atoms with Gasteiger partial charge in [0.25, 0.3) is 0 Å². The molecular weight excluding hydrogens is 230 g/mol. The van der Waals surface area contributed by atoms with Gasteiger partial charge in [-0.1, -0.05) is 18.2 Å². The second-order valence-electron chi connectivity index (χ2n) is 4.54. The number of fused-ring (bicyclic) bond motifs is 1. The van der Waals surface area contributed by atoms with Crippen LogP contribution in [0.25, 0.3) is 0 Å². The first-order valence-electron chi connectivity index (χ1n) is 6.11. The van der Waals surface area contributed by atoms with Gasteiger partial charge in [0.05, 0.1) is 13.0 Å². The molecule has 0 saturated heterocycles. The number of carbonyl (C=O) groups is 2. The molecule has 0 spiro atoms. The fraction of sp³-hybridized carbons (Fsp3) is 0.429. The first-order valence-corrected chi connectivity index (χ1v) is 6.11. The number of aldehydes is 1. The Balaban J connectivity index is 1.96. The zero-order valence-electron chi connectivity index (χ0n) is 10.5. The molecule has 96 valence electrons. The van der Waals surface area contributed by atoms with Crippen LogP contribution < -0.4 is 4.74 Å². The van der Waals surface area contributed by atoms with Crippen LogP contribution in [0.3, 0.4) is 0 Å². The molecule has 4 nitrogen and oxygen atoms in total. The average Bonchev–Trinajstić information content (AvgIpc) is 2.38. The number of carbonyl (C=O) groups excluding carboxylic acids is 2. The van der Waals surface area contributed by atoms with Crippen molar-refractivity contribution in [3.05, 3.63) is 29.8 Å². The number of rotatable bonds is 5. The van der Waals surface area contributed by atoms with Crippen LogP contribution in [0.2, 0.25) is 0 Å². The van der Waals surface area contributed by atoms with Crippen molar-refractivity contribution in [2.45, 2.75) is 25.5 Å². The van der Waals surface area contributed by atoms with Gasteiger partial charge in [-0.05, 0) is 25.1 Å². The van der Waals surface area contributed by atoms with Crippen LogP contribution in [0.1, 0.15) is 18.4 Å². The quantitative estimate of drug-likeness (QED) is 0.583. The monoisotopic (exact) mass is 247 g/mol. The van der Waals surface area contributed by atoms with E-state index in [4.69, 9.17) is 4.74 Å². The molecule has 1 atom stereocenters. The highest BCUT2D eigenvalue weighted by atomic mass is 16.5. The number of hydrogen-bond acceptors (Lipinski definition) is 4. The predicted molar refractivity (Wildman–Crippen MR) is 67.5 cm³/mol. The van der Waals surface area contributed by atoms with E-state index in [-0.39, 0.29) is 25.0 Å². The first kappa shape index (κ1) is 12.8. The molecule has 0 N–H and O–H groups in total. The van der Waals surface area contributed by atoms with Crippen molar-refractivity contribution in [2.24, 2.45) is 0 Å². The highest BCUT2D eigenvalue weighted by molar-refractivity contribution is 5.91. The van der Waals surface area contributed by atoms with E-state index in [0.717, 1.165) is 18.6 Å². The third-order valence-electron chi connectivity index (χ3n) is 3.12. The van der Waals surface area contributed by atoms with Crippen LogP contribution in [-0.2, 0) is 16.0 Å². The van der Waals surface area contributed by atoms with Crippen LogP contribution in [0, 0.1) is 0 Å². The summed E-state index contributed by atoms with van der Waals surface area (Å²) in [5.74, 6) is 0.818. The minimum atomic E-state index is -0.0875. The summed E-state index contributed by atoms with van der Waals surface area (Å²) in [5, 5.41) is 0. The Kier molecular flexibility index (Phi) is 4.10. The number of ether oxygens (including phenoxy) is 1. The SMILES string of the molecule is CN(CC(=O)CC=O)C1CCc2ccccc2O1. The minimum absolute atomic E-state index is 0.0202. The number of para-hydroxylation sites is 1. The number of benzene rings is 1. The number of nitrogens with zero attached hydrogens (tertiary/aromatic N) is 1. The van der Waals surface area contributed by atoms with Crippen LogP contribution in [0.5, 0.6) is 5.75 Å². The van der Waals surface area contributed by atoms with Gasteiger partial charge in [0, 0.05) is 6.42 Å². The van der Waals surface area contributed by atoms with E-state index in [1.807, 2.05) is 30.1 Å². The molecule has 1 heterocycles. The van der Waals surface area contributed by atoms with Gasteiger partial charge in [0.2, 0.25) is 0 Å². The van der Waals surface area contributed by atoms with Crippen molar-refractivity contribution in [3.63, 3.8) is 0 Å². The number of likely N-dealkylation sites (N-methyl/N-ethyl adjacent to an activating group) is 1. The molecule has 0 amide bonds. The van der Waals surface area contributed by atoms with Crippen LogP contribution in [0.15, 0.2) is 24.3 Å². The first-order chi connectivity index (χ1) is 8.70. The largest absolute Gasteiger partial charge is 0.475 e. The lowest BCUT2D eigenvalue weighted by atomic mass is 10.0. The normalized spacial score (nSPS) is 18.0. The van der Waals surface area contributed by atoms with E-state index in [2.05, 4.69) is 6.07 Å². The maximum atomic E-state index is 11.4. The number of aryl methyl sites for hydroxylation is 1. The van der Waals surface area contributed by atoms with Crippen LogP contribution >= 0.6 is 0 Å². The zero-order valence-corrected chi connectivity index (χ0v) is 10.5. The Morgan fingerprint density at radius 2 is 2.28 bits per heavy atom. The van der Waals surface area contributed by atoms with Crippen molar-refractivity contribution in [1.82, 2.24) is 4.90 Å². The fourth-order valence-electron chi connectivity index (χ4n) is 2.16. The molecule has 18 heavy (non-hydrogen) atoms. The molecule has 0 radical (unpaired) electrons. The van der Waals surface area contributed by atoms with E-state index in [1.54, 1.807) is 0 Å². The highest BCUT2D eigenvalue weighted by Crippen LogP contribution is 2.27. The summed E-state index contributed by atoms with van der Waals surface area (Å²) in [6.07, 6.45) is 2.35. The molecule has 2 rings (SSSR count). The molecule has 1 aromatic carbocycles. The molecule has 0 saturated carbocycles. The van der Waals surface area contributed by atoms with E-state index in [9.17, 15) is 9.59 Å². The van der Waals surface area contributed by atoms with Crippen molar-refractivity contribution < 1.29 is 14.3 Å². The Morgan fingerprint density at radius 1 is 1.50 bits per heavy atom. The smallest absolute Gasteiger partial charge is 0.154 e. The summed E-state index contributed by atoms with van der Waals surface area (Å²) in [5.41, 5.74) is 1.21. The van der Waals surface area contributed by atoms with E-state index < -0.39 is 0 Å². The van der Waals surface area contributed by atoms with Gasteiger partial charge in [-0.15, -0.1) is 0 Å². The zero-order chi connectivity index (χ0) is 13.0. The second-order valence-corrected chi connectivity index (χ2v) is 4.54. The summed E-state index contributed by atoms with van der Waals surface area (Å²) >= 11 is 0. The molecule has 0 aliphatic carbocycles. The number of Topliss-reactive ketones (excluding diaryl/α,β-unsaturated/α-hetero) is 1. The molecule has 1 aliphatic rings. The summed E-state index contributed by atoms with van der Waals surface area (Å²) in [6.45, 7) is 0.256. The topological polar surface area (TPSA) is 46.6 Å². The lowest BCUT2D eigenvalue weighted by Gasteiger charge is -2.32. The van der Waals surface area contributed by atoms with Gasteiger partial charge >= 0.3 is 0 Å². The molecule has 1 unspecified atom stereocenters. The van der Waals surface area contributed by atoms with Crippen molar-refractivity contribution in [2.75, 3.05) is 13.6 Å². The van der Waals surface area contributed by atoms with Gasteiger partial charge in [0.1, 0.15) is 12.0 Å². The van der Waals surface area contributed by atoms with Gasteiger partial charge < -0.3 is 9.53 Å². The molecule has 1 aliphatic heterocycles. The van der Waals surface area contributed by atoms with Gasteiger partial charge in [0.15, 0.2) is 12.0 Å². The van der Waals surface area contributed by atoms with E-state index >= 15 is 0 Å². The maximum Gasteiger partial charge on any atom is 0.154 e. The molecule has 0 bridgehead atoms. The molecule has 1 aromatic rings. The van der Waals surface area contributed by atoms with Crippen LogP contribution in [0.4, 0.5) is 0 Å². The summed E-state index contributed by atoms with van der Waals surface area (Å²) < 4.78 is 5.86. The third-order valence-corrected chi connectivity index (χ3v) is 3.12. The van der Waals surface area contributed by atoms with Gasteiger partial charge in [-0.25, -0.2) is 0 Å². The Hall–Kier alpha value is -1.68. The van der Waals surface area contributed by atoms with E-state index in [1.165, 1.54) is 5.56 Å². The Labute approximate surface area is 107 Å². The molecule has 0 fully saturated rings. The Bertz CT molecular complexity index is 444. The van der Waals surface area contributed by atoms with Gasteiger partial charge in [-0.2, -0.15) is 0 Å². The summed E-state index contributed by atoms with van der Waals surface area (Å²) in [4.78, 5) is 23.5. The summed E-state index contributed by atoms with van der Waals surface area (Å²) in [6, 6.07) is 7.95. The lowest BCUT2D eigenvalue weighted by molar-refractivity contribution is -0.124. The summed E-state index contributed by atoms with van der Waals surface area (Å²) in [7, 11) is 1.85.